The Kier molecular flexibility index (Phi) is 3.57. The molecule has 0 aromatic heterocycles. The van der Waals surface area contributed by atoms with Gasteiger partial charge in [-0.1, -0.05) is 26.3 Å². The third-order valence-electron chi connectivity index (χ3n) is 3.83. The minimum Gasteiger partial charge on any atom is -0.429 e. The van der Waals surface area contributed by atoms with E-state index in [1.54, 1.807) is 6.92 Å². The van der Waals surface area contributed by atoms with Crippen LogP contribution in [0.4, 0.5) is 0 Å². The van der Waals surface area contributed by atoms with Crippen LogP contribution in [0.3, 0.4) is 0 Å². The van der Waals surface area contributed by atoms with Gasteiger partial charge in [-0.05, 0) is 26.2 Å². The highest BCUT2D eigenvalue weighted by atomic mass is 16.7. The predicted molar refractivity (Wildman–Crippen MR) is 65.4 cm³/mol. The van der Waals surface area contributed by atoms with Crippen molar-refractivity contribution < 1.29 is 14.3 Å². The molecule has 3 unspecified atom stereocenters. The van der Waals surface area contributed by atoms with E-state index in [-0.39, 0.29) is 5.97 Å². The van der Waals surface area contributed by atoms with Gasteiger partial charge in [-0.3, -0.25) is 0 Å². The van der Waals surface area contributed by atoms with Crippen LogP contribution in [0.25, 0.3) is 0 Å². The van der Waals surface area contributed by atoms with Crippen LogP contribution in [0.1, 0.15) is 52.4 Å². The summed E-state index contributed by atoms with van der Waals surface area (Å²) in [6.45, 7) is 7.40. The maximum absolute atomic E-state index is 11.7. The lowest BCUT2D eigenvalue weighted by Gasteiger charge is -2.55. The average Bonchev–Trinajstić information content (AvgIpc) is 2.27. The Morgan fingerprint density at radius 1 is 1.47 bits per heavy atom. The molecule has 0 bridgehead atoms. The van der Waals surface area contributed by atoms with Gasteiger partial charge in [0.1, 0.15) is 0 Å². The van der Waals surface area contributed by atoms with Crippen LogP contribution in [0.5, 0.6) is 0 Å². The molecule has 1 heterocycles. The van der Waals surface area contributed by atoms with E-state index in [0.29, 0.717) is 17.6 Å². The van der Waals surface area contributed by atoms with Crippen LogP contribution in [-0.2, 0) is 14.3 Å². The highest BCUT2D eigenvalue weighted by Crippen LogP contribution is 2.50. The number of hydrogen-bond acceptors (Lipinski definition) is 3. The zero-order valence-electron chi connectivity index (χ0n) is 10.8. The van der Waals surface area contributed by atoms with Crippen molar-refractivity contribution in [2.45, 2.75) is 64.3 Å². The summed E-state index contributed by atoms with van der Waals surface area (Å²) >= 11 is 0. The van der Waals surface area contributed by atoms with Gasteiger partial charge in [0.05, 0.1) is 12.0 Å². The largest absolute Gasteiger partial charge is 0.429 e. The fourth-order valence-corrected chi connectivity index (χ4v) is 3.00. The van der Waals surface area contributed by atoms with Gasteiger partial charge in [-0.15, -0.1) is 0 Å². The summed E-state index contributed by atoms with van der Waals surface area (Å²) in [6.07, 6.45) is 6.76. The fraction of sp³-hybridized carbons (Fsp3) is 0.786. The molecule has 96 valence electrons. The summed E-state index contributed by atoms with van der Waals surface area (Å²) in [5.74, 6) is -0.558. The molecule has 0 aromatic carbocycles. The maximum atomic E-state index is 11.7. The standard InChI is InChI=1S/C14H22O3/c1-4-9-14(17-13(15)10(2)3)11-7-5-6-8-12(11)16-14/h11-12H,2,4-9H2,1,3H3. The molecule has 3 nitrogen and oxygen atoms in total. The van der Waals surface area contributed by atoms with Crippen LogP contribution in [0.15, 0.2) is 12.2 Å². The van der Waals surface area contributed by atoms with Gasteiger partial charge in [0.25, 0.3) is 0 Å². The van der Waals surface area contributed by atoms with Crippen LogP contribution in [-0.4, -0.2) is 17.9 Å². The molecule has 1 saturated heterocycles. The molecule has 1 aliphatic carbocycles. The molecule has 2 rings (SSSR count). The van der Waals surface area contributed by atoms with E-state index in [1.807, 2.05) is 0 Å². The van der Waals surface area contributed by atoms with E-state index in [9.17, 15) is 4.79 Å². The first kappa shape index (κ1) is 12.6. The second kappa shape index (κ2) is 4.81. The van der Waals surface area contributed by atoms with Gasteiger partial charge in [-0.25, -0.2) is 4.79 Å². The third-order valence-corrected chi connectivity index (χ3v) is 3.83. The molecule has 0 N–H and O–H groups in total. The van der Waals surface area contributed by atoms with E-state index < -0.39 is 5.79 Å². The zero-order valence-corrected chi connectivity index (χ0v) is 10.8. The molecule has 0 spiro atoms. The van der Waals surface area contributed by atoms with Gasteiger partial charge in [0.2, 0.25) is 5.79 Å². The van der Waals surface area contributed by atoms with Crippen molar-refractivity contribution in [1.82, 2.24) is 0 Å². The highest BCUT2D eigenvalue weighted by Gasteiger charge is 2.58. The lowest BCUT2D eigenvalue weighted by molar-refractivity contribution is -0.376. The SMILES string of the molecule is C=C(C)C(=O)OC1(CCC)OC2CCCCC21. The maximum Gasteiger partial charge on any atom is 0.335 e. The van der Waals surface area contributed by atoms with Crippen LogP contribution >= 0.6 is 0 Å². The topological polar surface area (TPSA) is 35.5 Å². The summed E-state index contributed by atoms with van der Waals surface area (Å²) in [6, 6.07) is 0. The first-order valence-electron chi connectivity index (χ1n) is 6.65. The molecule has 1 aliphatic heterocycles. The molecular formula is C14H22O3. The monoisotopic (exact) mass is 238 g/mol. The Bertz CT molecular complexity index is 323. The fourth-order valence-electron chi connectivity index (χ4n) is 3.00. The summed E-state index contributed by atoms with van der Waals surface area (Å²) < 4.78 is 11.5. The summed E-state index contributed by atoms with van der Waals surface area (Å²) in [7, 11) is 0. The van der Waals surface area contributed by atoms with Crippen molar-refractivity contribution in [3.05, 3.63) is 12.2 Å². The van der Waals surface area contributed by atoms with Crippen LogP contribution in [0, 0.1) is 5.92 Å². The van der Waals surface area contributed by atoms with Crippen LogP contribution in [0.2, 0.25) is 0 Å². The smallest absolute Gasteiger partial charge is 0.335 e. The van der Waals surface area contributed by atoms with Gasteiger partial charge >= 0.3 is 5.97 Å². The Labute approximate surface area is 103 Å². The molecule has 0 amide bonds. The molecule has 3 heteroatoms. The van der Waals surface area contributed by atoms with Crippen molar-refractivity contribution in [3.63, 3.8) is 0 Å². The van der Waals surface area contributed by atoms with Crippen LogP contribution < -0.4 is 0 Å². The van der Waals surface area contributed by atoms with Crippen molar-refractivity contribution in [2.24, 2.45) is 5.92 Å². The molecule has 2 fully saturated rings. The minimum atomic E-state index is -0.643. The van der Waals surface area contributed by atoms with E-state index in [4.69, 9.17) is 9.47 Å². The van der Waals surface area contributed by atoms with Crippen molar-refractivity contribution in [3.8, 4) is 0 Å². The number of ether oxygens (including phenoxy) is 2. The highest BCUT2D eigenvalue weighted by molar-refractivity contribution is 5.87. The first-order valence-corrected chi connectivity index (χ1v) is 6.65. The lowest BCUT2D eigenvalue weighted by atomic mass is 9.74. The van der Waals surface area contributed by atoms with Crippen molar-refractivity contribution in [1.29, 1.82) is 0 Å². The van der Waals surface area contributed by atoms with Crippen molar-refractivity contribution >= 4 is 5.97 Å². The molecule has 0 radical (unpaired) electrons. The first-order chi connectivity index (χ1) is 8.09. The summed E-state index contributed by atoms with van der Waals surface area (Å²) in [5, 5.41) is 0. The number of rotatable bonds is 4. The van der Waals surface area contributed by atoms with E-state index in [1.165, 1.54) is 12.8 Å². The van der Waals surface area contributed by atoms with Gasteiger partial charge in [0.15, 0.2) is 0 Å². The Morgan fingerprint density at radius 2 is 2.18 bits per heavy atom. The van der Waals surface area contributed by atoms with E-state index in [2.05, 4.69) is 13.5 Å². The number of esters is 1. The number of carbonyl (C=O) groups excluding carboxylic acids is 1. The Balaban J connectivity index is 2.06. The van der Waals surface area contributed by atoms with Gasteiger partial charge in [0, 0.05) is 12.0 Å². The quantitative estimate of drug-likeness (QED) is 0.557. The van der Waals surface area contributed by atoms with Gasteiger partial charge in [-0.2, -0.15) is 0 Å². The second-order valence-electron chi connectivity index (χ2n) is 5.28. The Hall–Kier alpha value is -0.830. The number of hydrogen-bond donors (Lipinski definition) is 0. The molecule has 1 saturated carbocycles. The zero-order chi connectivity index (χ0) is 12.5. The number of fused-ring (bicyclic) bond motifs is 1. The molecule has 2 aliphatic rings. The molecule has 3 atom stereocenters. The predicted octanol–water partition coefficient (Wildman–Crippen LogP) is 3.19. The second-order valence-corrected chi connectivity index (χ2v) is 5.28. The average molecular weight is 238 g/mol. The summed E-state index contributed by atoms with van der Waals surface area (Å²) in [5.41, 5.74) is 0.448. The number of carbonyl (C=O) groups is 1. The van der Waals surface area contributed by atoms with Gasteiger partial charge < -0.3 is 9.47 Å². The Morgan fingerprint density at radius 3 is 2.76 bits per heavy atom. The van der Waals surface area contributed by atoms with E-state index in [0.717, 1.165) is 25.7 Å². The minimum absolute atomic E-state index is 0.313. The molecule has 0 aromatic rings. The lowest BCUT2D eigenvalue weighted by Crippen LogP contribution is -2.63. The van der Waals surface area contributed by atoms with E-state index >= 15 is 0 Å². The molecular weight excluding hydrogens is 216 g/mol. The third kappa shape index (κ3) is 2.25. The summed E-state index contributed by atoms with van der Waals surface area (Å²) in [4.78, 5) is 11.7. The van der Waals surface area contributed by atoms with Crippen molar-refractivity contribution in [2.75, 3.05) is 0 Å². The molecule has 17 heavy (non-hydrogen) atoms. The normalized spacial score (nSPS) is 35.6.